The Morgan fingerprint density at radius 2 is 1.62 bits per heavy atom. The normalized spacial score (nSPS) is 13.2. The molecule has 1 heterocycles. The average Bonchev–Trinajstić information content (AvgIpc) is 2.94. The van der Waals surface area contributed by atoms with Crippen LogP contribution in [-0.2, 0) is 24.7 Å². The number of nitrogens with zero attached hydrogens (tertiary/aromatic N) is 1. The average molecular weight is 414 g/mol. The zero-order chi connectivity index (χ0) is 19.3. The molecule has 0 saturated carbocycles. The van der Waals surface area contributed by atoms with Crippen molar-refractivity contribution < 1.29 is 21.9 Å². The second-order valence-corrected chi connectivity index (χ2v) is 10.7. The van der Waals surface area contributed by atoms with Crippen molar-refractivity contribution >= 4 is 40.7 Å². The van der Waals surface area contributed by atoms with Gasteiger partial charge in [0.05, 0.1) is 16.0 Å². The summed E-state index contributed by atoms with van der Waals surface area (Å²) < 4.78 is 50.7. The van der Waals surface area contributed by atoms with Gasteiger partial charge in [-0.1, -0.05) is 30.3 Å². The first-order valence-electron chi connectivity index (χ1n) is 7.55. The molecule has 138 valence electrons. The van der Waals surface area contributed by atoms with Gasteiger partial charge in [0.1, 0.15) is 4.90 Å². The van der Waals surface area contributed by atoms with E-state index >= 15 is 0 Å². The highest BCUT2D eigenvalue weighted by atomic mass is 35.7. The number of aromatic nitrogens is 1. The lowest BCUT2D eigenvalue weighted by molar-refractivity contribution is 0.0787. The Balaban J connectivity index is 2.41. The molecule has 0 aliphatic rings. The van der Waals surface area contributed by atoms with Gasteiger partial charge in [-0.2, -0.15) is 0 Å². The van der Waals surface area contributed by atoms with E-state index in [1.807, 2.05) is 0 Å². The molecule has 2 aromatic carbocycles. The minimum Gasteiger partial charge on any atom is -0.386 e. The van der Waals surface area contributed by atoms with Gasteiger partial charge in [0.15, 0.2) is 0 Å². The van der Waals surface area contributed by atoms with E-state index in [0.717, 1.165) is 10.2 Å². The third-order valence-electron chi connectivity index (χ3n) is 4.00. The molecule has 26 heavy (non-hydrogen) atoms. The van der Waals surface area contributed by atoms with Crippen molar-refractivity contribution in [2.45, 2.75) is 29.2 Å². The van der Waals surface area contributed by atoms with E-state index in [9.17, 15) is 21.9 Å². The summed E-state index contributed by atoms with van der Waals surface area (Å²) in [4.78, 5) is -0.306. The molecule has 0 radical (unpaired) electrons. The van der Waals surface area contributed by atoms with Crippen LogP contribution in [0.25, 0.3) is 10.9 Å². The first-order valence-corrected chi connectivity index (χ1v) is 11.3. The number of benzene rings is 2. The van der Waals surface area contributed by atoms with Crippen LogP contribution >= 0.6 is 10.7 Å². The Bertz CT molecular complexity index is 1190. The third kappa shape index (κ3) is 3.25. The Labute approximate surface area is 156 Å². The number of hydrogen-bond acceptors (Lipinski definition) is 5. The molecule has 0 unspecified atom stereocenters. The van der Waals surface area contributed by atoms with Gasteiger partial charge in [-0.25, -0.2) is 20.8 Å². The van der Waals surface area contributed by atoms with Crippen LogP contribution in [0.3, 0.4) is 0 Å². The van der Waals surface area contributed by atoms with Gasteiger partial charge < -0.3 is 5.11 Å². The zero-order valence-electron chi connectivity index (χ0n) is 13.9. The van der Waals surface area contributed by atoms with E-state index in [4.69, 9.17) is 10.7 Å². The van der Waals surface area contributed by atoms with Crippen molar-refractivity contribution in [3.8, 4) is 0 Å². The van der Waals surface area contributed by atoms with Crippen LogP contribution in [0.4, 0.5) is 0 Å². The fourth-order valence-corrected chi connectivity index (χ4v) is 5.13. The highest BCUT2D eigenvalue weighted by Gasteiger charge is 2.27. The van der Waals surface area contributed by atoms with Crippen molar-refractivity contribution in [3.63, 3.8) is 0 Å². The molecule has 0 saturated heterocycles. The molecule has 0 bridgehead atoms. The van der Waals surface area contributed by atoms with Gasteiger partial charge in [0.25, 0.3) is 19.1 Å². The van der Waals surface area contributed by atoms with E-state index in [-0.39, 0.29) is 20.7 Å². The van der Waals surface area contributed by atoms with Gasteiger partial charge in [-0.3, -0.25) is 0 Å². The largest absolute Gasteiger partial charge is 0.386 e. The number of hydrogen-bond donors (Lipinski definition) is 1. The lowest BCUT2D eigenvalue weighted by Gasteiger charge is -2.18. The van der Waals surface area contributed by atoms with Crippen molar-refractivity contribution in [1.82, 2.24) is 3.97 Å². The van der Waals surface area contributed by atoms with Crippen molar-refractivity contribution in [1.29, 1.82) is 0 Å². The van der Waals surface area contributed by atoms with E-state index in [2.05, 4.69) is 0 Å². The molecular weight excluding hydrogens is 398 g/mol. The number of halogens is 1. The summed E-state index contributed by atoms with van der Waals surface area (Å²) >= 11 is 0. The maximum absolute atomic E-state index is 13.0. The van der Waals surface area contributed by atoms with Crippen LogP contribution in [-0.4, -0.2) is 25.9 Å². The highest BCUT2D eigenvalue weighted by molar-refractivity contribution is 8.14. The van der Waals surface area contributed by atoms with E-state index < -0.39 is 24.7 Å². The van der Waals surface area contributed by atoms with Crippen molar-refractivity contribution in [3.05, 3.63) is 60.3 Å². The maximum Gasteiger partial charge on any atom is 0.268 e. The molecule has 0 aliphatic heterocycles. The Morgan fingerprint density at radius 1 is 1.00 bits per heavy atom. The molecule has 0 fully saturated rings. The Hall–Kier alpha value is -1.87. The molecule has 0 aliphatic carbocycles. The molecule has 1 N–H and O–H groups in total. The number of fused-ring (bicyclic) bond motifs is 1. The van der Waals surface area contributed by atoms with Gasteiger partial charge in [-0.15, -0.1) is 0 Å². The third-order valence-corrected chi connectivity index (χ3v) is 7.04. The van der Waals surface area contributed by atoms with Gasteiger partial charge in [0.2, 0.25) is 0 Å². The molecule has 0 atom stereocenters. The van der Waals surface area contributed by atoms with Gasteiger partial charge in [-0.05, 0) is 37.6 Å². The fraction of sp³-hybridized carbons (Fsp3) is 0.176. The van der Waals surface area contributed by atoms with Crippen LogP contribution in [0.2, 0.25) is 0 Å². The summed E-state index contributed by atoms with van der Waals surface area (Å²) in [5.74, 6) is 0. The minimum atomic E-state index is -4.17. The van der Waals surface area contributed by atoms with Crippen LogP contribution in [0.5, 0.6) is 0 Å². The minimum absolute atomic E-state index is 0.00378. The van der Waals surface area contributed by atoms with Crippen LogP contribution in [0, 0.1) is 0 Å². The topological polar surface area (TPSA) is 93.4 Å². The SMILES string of the molecule is CC(C)(O)c1ccc2c(S(=O)(=O)Cl)cn(S(=O)(=O)c3ccccc3)c2c1. The Morgan fingerprint density at radius 3 is 2.15 bits per heavy atom. The van der Waals surface area contributed by atoms with E-state index in [1.165, 1.54) is 30.3 Å². The lowest BCUT2D eigenvalue weighted by atomic mass is 9.98. The molecule has 3 rings (SSSR count). The number of rotatable bonds is 4. The molecule has 9 heteroatoms. The lowest BCUT2D eigenvalue weighted by Crippen LogP contribution is -2.16. The summed E-state index contributed by atoms with van der Waals surface area (Å²) in [5, 5.41) is 10.4. The van der Waals surface area contributed by atoms with E-state index in [0.29, 0.717) is 5.56 Å². The first kappa shape index (κ1) is 18.9. The van der Waals surface area contributed by atoms with Gasteiger partial charge in [0, 0.05) is 22.3 Å². The number of aliphatic hydroxyl groups is 1. The smallest absolute Gasteiger partial charge is 0.268 e. The molecule has 1 aromatic heterocycles. The van der Waals surface area contributed by atoms with Crippen LogP contribution in [0.1, 0.15) is 19.4 Å². The predicted octanol–water partition coefficient (Wildman–Crippen LogP) is 3.03. The second-order valence-electron chi connectivity index (χ2n) is 6.34. The fourth-order valence-electron chi connectivity index (χ4n) is 2.65. The predicted molar refractivity (Wildman–Crippen MR) is 99.2 cm³/mol. The van der Waals surface area contributed by atoms with E-state index in [1.54, 1.807) is 32.0 Å². The maximum atomic E-state index is 13.0. The Kier molecular flexibility index (Phi) is 4.43. The van der Waals surface area contributed by atoms with Crippen LogP contribution < -0.4 is 0 Å². The molecule has 0 spiro atoms. The zero-order valence-corrected chi connectivity index (χ0v) is 16.3. The summed E-state index contributed by atoms with van der Waals surface area (Å²) in [7, 11) is -2.74. The summed E-state index contributed by atoms with van der Waals surface area (Å²) in [6, 6.07) is 12.1. The quantitative estimate of drug-likeness (QED) is 0.663. The van der Waals surface area contributed by atoms with Crippen LogP contribution in [0.15, 0.2) is 64.5 Å². The monoisotopic (exact) mass is 413 g/mol. The van der Waals surface area contributed by atoms with Crippen molar-refractivity contribution in [2.24, 2.45) is 0 Å². The summed E-state index contributed by atoms with van der Waals surface area (Å²) in [5.41, 5.74) is -0.682. The highest BCUT2D eigenvalue weighted by Crippen LogP contribution is 2.33. The van der Waals surface area contributed by atoms with Crippen molar-refractivity contribution in [2.75, 3.05) is 0 Å². The molecule has 6 nitrogen and oxygen atoms in total. The second kappa shape index (κ2) is 6.09. The first-order chi connectivity index (χ1) is 11.9. The van der Waals surface area contributed by atoms with Gasteiger partial charge >= 0.3 is 0 Å². The molecular formula is C17H16ClNO5S2. The molecule has 0 amide bonds. The molecule has 3 aromatic rings. The summed E-state index contributed by atoms with van der Waals surface area (Å²) in [6.07, 6.45) is 0.990. The summed E-state index contributed by atoms with van der Waals surface area (Å²) in [6.45, 7) is 3.10. The standard InChI is InChI=1S/C17H16ClNO5S2/c1-17(2,20)12-8-9-14-15(10-12)19(11-16(14)25(18,21)22)26(23,24)13-6-4-3-5-7-13/h3-11,20H,1-2H3.